The zero-order valence-electron chi connectivity index (χ0n) is 16.9. The van der Waals surface area contributed by atoms with Crippen LogP contribution in [-0.2, 0) is 23.2 Å². The Morgan fingerprint density at radius 3 is 2.45 bits per heavy atom. The molecule has 0 aliphatic rings. The summed E-state index contributed by atoms with van der Waals surface area (Å²) in [6.07, 6.45) is 0.722. The monoisotopic (exact) mass is 410 g/mol. The largest absolute Gasteiger partial charge is 0.343 e. The lowest BCUT2D eigenvalue weighted by Crippen LogP contribution is -2.20. The van der Waals surface area contributed by atoms with Crippen molar-refractivity contribution in [3.05, 3.63) is 76.2 Å². The molecular formula is C22H26N4O2S. The van der Waals surface area contributed by atoms with Crippen molar-refractivity contribution in [2.45, 2.75) is 44.3 Å². The molecule has 0 atom stereocenters. The lowest BCUT2D eigenvalue weighted by Gasteiger charge is -2.19. The summed E-state index contributed by atoms with van der Waals surface area (Å²) in [6.45, 7) is 6.97. The van der Waals surface area contributed by atoms with Gasteiger partial charge in [0.25, 0.3) is 0 Å². The van der Waals surface area contributed by atoms with Crippen molar-refractivity contribution in [3.63, 3.8) is 0 Å². The van der Waals surface area contributed by atoms with Crippen LogP contribution in [0.25, 0.3) is 0 Å². The summed E-state index contributed by atoms with van der Waals surface area (Å²) in [4.78, 5) is 24.3. The number of hydrogen-bond acceptors (Lipinski definition) is 4. The normalized spacial score (nSPS) is 11.4. The van der Waals surface area contributed by atoms with Gasteiger partial charge < -0.3 is 5.32 Å². The zero-order chi connectivity index (χ0) is 20.9. The molecule has 3 rings (SSSR count). The molecule has 7 heteroatoms. The number of carbonyl (C=O) groups excluding carboxylic acids is 1. The van der Waals surface area contributed by atoms with Crippen molar-refractivity contribution in [3.8, 4) is 0 Å². The molecule has 1 heterocycles. The number of benzene rings is 2. The highest BCUT2D eigenvalue weighted by Gasteiger charge is 2.14. The number of H-pyrrole nitrogens is 1. The highest BCUT2D eigenvalue weighted by molar-refractivity contribution is 7.99. The van der Waals surface area contributed by atoms with E-state index in [1.54, 1.807) is 4.57 Å². The lowest BCUT2D eigenvalue weighted by molar-refractivity contribution is -0.113. The number of aryl methyl sites for hydroxylation is 1. The molecule has 0 aliphatic heterocycles. The number of hydrogen-bond donors (Lipinski definition) is 2. The van der Waals surface area contributed by atoms with Crippen LogP contribution in [0.2, 0.25) is 0 Å². The van der Waals surface area contributed by atoms with E-state index in [1.807, 2.05) is 54.6 Å². The van der Waals surface area contributed by atoms with Gasteiger partial charge in [0.1, 0.15) is 0 Å². The van der Waals surface area contributed by atoms with Gasteiger partial charge in [-0.25, -0.2) is 9.89 Å². The van der Waals surface area contributed by atoms with Crippen LogP contribution in [0.3, 0.4) is 0 Å². The SMILES string of the molecule is CC(C)(C)c1ccc(NC(=O)CSc2n[nH]c(=O)n2CCc2ccccc2)cc1. The second kappa shape index (κ2) is 9.13. The maximum atomic E-state index is 12.3. The number of carbonyl (C=O) groups is 1. The van der Waals surface area contributed by atoms with Crippen LogP contribution in [0.4, 0.5) is 5.69 Å². The fourth-order valence-electron chi connectivity index (χ4n) is 2.88. The van der Waals surface area contributed by atoms with Crippen molar-refractivity contribution in [2.24, 2.45) is 0 Å². The molecule has 3 aromatic rings. The average molecular weight is 411 g/mol. The number of aromatic nitrogens is 3. The van der Waals surface area contributed by atoms with E-state index in [1.165, 1.54) is 17.3 Å². The van der Waals surface area contributed by atoms with Crippen molar-refractivity contribution in [1.29, 1.82) is 0 Å². The van der Waals surface area contributed by atoms with E-state index in [-0.39, 0.29) is 22.8 Å². The van der Waals surface area contributed by atoms with Crippen molar-refractivity contribution in [1.82, 2.24) is 14.8 Å². The van der Waals surface area contributed by atoms with Gasteiger partial charge in [0.15, 0.2) is 5.16 Å². The van der Waals surface area contributed by atoms with Gasteiger partial charge in [0.2, 0.25) is 5.91 Å². The molecule has 0 bridgehead atoms. The molecule has 1 amide bonds. The smallest absolute Gasteiger partial charge is 0.325 e. The third-order valence-corrected chi connectivity index (χ3v) is 5.53. The predicted molar refractivity (Wildman–Crippen MR) is 117 cm³/mol. The second-order valence-electron chi connectivity index (χ2n) is 7.86. The molecule has 0 spiro atoms. The Bertz CT molecular complexity index is 1000. The minimum absolute atomic E-state index is 0.0712. The van der Waals surface area contributed by atoms with Gasteiger partial charge in [0.05, 0.1) is 5.75 Å². The van der Waals surface area contributed by atoms with Crippen molar-refractivity contribution < 1.29 is 4.79 Å². The van der Waals surface area contributed by atoms with E-state index < -0.39 is 0 Å². The summed E-state index contributed by atoms with van der Waals surface area (Å²) >= 11 is 1.25. The number of nitrogens with zero attached hydrogens (tertiary/aromatic N) is 2. The van der Waals surface area contributed by atoms with Crippen LogP contribution in [-0.4, -0.2) is 26.4 Å². The first kappa shape index (κ1) is 20.9. The van der Waals surface area contributed by atoms with Crippen molar-refractivity contribution >= 4 is 23.4 Å². The first-order valence-corrected chi connectivity index (χ1v) is 10.5. The Labute approximate surface area is 174 Å². The van der Waals surface area contributed by atoms with Crippen LogP contribution in [0, 0.1) is 0 Å². The van der Waals surface area contributed by atoms with Gasteiger partial charge in [0, 0.05) is 12.2 Å². The van der Waals surface area contributed by atoms with E-state index in [0.29, 0.717) is 11.7 Å². The fraction of sp³-hybridized carbons (Fsp3) is 0.318. The Morgan fingerprint density at radius 1 is 1.10 bits per heavy atom. The predicted octanol–water partition coefficient (Wildman–Crippen LogP) is 3.84. The number of amides is 1. The van der Waals surface area contributed by atoms with Crippen LogP contribution < -0.4 is 11.0 Å². The number of aromatic amines is 1. The Balaban J connectivity index is 1.56. The fourth-order valence-corrected chi connectivity index (χ4v) is 3.65. The first-order chi connectivity index (χ1) is 13.8. The van der Waals surface area contributed by atoms with Gasteiger partial charge in [-0.1, -0.05) is 75.0 Å². The molecule has 0 fully saturated rings. The van der Waals surface area contributed by atoms with E-state index >= 15 is 0 Å². The molecule has 29 heavy (non-hydrogen) atoms. The minimum atomic E-state index is -0.262. The quantitative estimate of drug-likeness (QED) is 0.580. The Hall–Kier alpha value is -2.80. The molecule has 0 aliphatic carbocycles. The topological polar surface area (TPSA) is 79.8 Å². The highest BCUT2D eigenvalue weighted by Crippen LogP contribution is 2.23. The standard InChI is InChI=1S/C22H26N4O2S/c1-22(2,3)17-9-11-18(12-10-17)23-19(27)15-29-21-25-24-20(28)26(21)14-13-16-7-5-4-6-8-16/h4-12H,13-15H2,1-3H3,(H,23,27)(H,24,28). The average Bonchev–Trinajstić information content (AvgIpc) is 3.05. The van der Waals surface area contributed by atoms with Crippen molar-refractivity contribution in [2.75, 3.05) is 11.1 Å². The van der Waals surface area contributed by atoms with Gasteiger partial charge in [-0.15, -0.1) is 5.10 Å². The van der Waals surface area contributed by atoms with E-state index in [4.69, 9.17) is 0 Å². The molecule has 0 radical (unpaired) electrons. The molecule has 0 unspecified atom stereocenters. The summed E-state index contributed by atoms with van der Waals surface area (Å²) < 4.78 is 1.57. The summed E-state index contributed by atoms with van der Waals surface area (Å²) in [7, 11) is 0. The molecule has 6 nitrogen and oxygen atoms in total. The van der Waals surface area contributed by atoms with Crippen LogP contribution >= 0.6 is 11.8 Å². The third kappa shape index (κ3) is 5.84. The summed E-state index contributed by atoms with van der Waals surface area (Å²) in [6, 6.07) is 17.8. The molecule has 0 saturated heterocycles. The van der Waals surface area contributed by atoms with Gasteiger partial charge >= 0.3 is 5.69 Å². The summed E-state index contributed by atoms with van der Waals surface area (Å²) in [5.41, 5.74) is 2.92. The summed E-state index contributed by atoms with van der Waals surface area (Å²) in [5, 5.41) is 9.93. The van der Waals surface area contributed by atoms with Crippen LogP contribution in [0.1, 0.15) is 31.9 Å². The molecule has 2 aromatic carbocycles. The van der Waals surface area contributed by atoms with Gasteiger partial charge in [-0.3, -0.25) is 9.36 Å². The Kier molecular flexibility index (Phi) is 6.59. The molecular weight excluding hydrogens is 384 g/mol. The minimum Gasteiger partial charge on any atom is -0.325 e. The van der Waals surface area contributed by atoms with E-state index in [0.717, 1.165) is 17.7 Å². The first-order valence-electron chi connectivity index (χ1n) is 9.55. The van der Waals surface area contributed by atoms with Gasteiger partial charge in [-0.2, -0.15) is 0 Å². The van der Waals surface area contributed by atoms with E-state index in [9.17, 15) is 9.59 Å². The second-order valence-corrected chi connectivity index (χ2v) is 8.81. The van der Waals surface area contributed by atoms with Crippen LogP contribution in [0.5, 0.6) is 0 Å². The number of rotatable bonds is 7. The zero-order valence-corrected chi connectivity index (χ0v) is 17.8. The molecule has 0 saturated carbocycles. The molecule has 152 valence electrons. The molecule has 1 aromatic heterocycles. The van der Waals surface area contributed by atoms with Crippen LogP contribution in [0.15, 0.2) is 64.5 Å². The number of nitrogens with one attached hydrogen (secondary N) is 2. The lowest BCUT2D eigenvalue weighted by atomic mass is 9.87. The van der Waals surface area contributed by atoms with Gasteiger partial charge in [-0.05, 0) is 35.1 Å². The summed E-state index contributed by atoms with van der Waals surface area (Å²) in [5.74, 6) is 0.0416. The Morgan fingerprint density at radius 2 is 1.79 bits per heavy atom. The maximum absolute atomic E-state index is 12.3. The molecule has 2 N–H and O–H groups in total. The third-order valence-electron chi connectivity index (χ3n) is 4.56. The maximum Gasteiger partial charge on any atom is 0.343 e. The van der Waals surface area contributed by atoms with E-state index in [2.05, 4.69) is 36.3 Å². The number of anilines is 1. The highest BCUT2D eigenvalue weighted by atomic mass is 32.2. The number of thioether (sulfide) groups is 1.